The number of nitrogens with zero attached hydrogens (tertiary/aromatic N) is 6. The van der Waals surface area contributed by atoms with Gasteiger partial charge in [-0.05, 0) is 18.8 Å². The van der Waals surface area contributed by atoms with Crippen LogP contribution >= 0.6 is 0 Å². The van der Waals surface area contributed by atoms with Gasteiger partial charge in [0, 0.05) is 37.9 Å². The lowest BCUT2D eigenvalue weighted by Crippen LogP contribution is -2.59. The van der Waals surface area contributed by atoms with E-state index in [9.17, 15) is 4.79 Å². The highest BCUT2D eigenvalue weighted by atomic mass is 16.5. The number of aryl methyl sites for hydroxylation is 1. The first-order valence-corrected chi connectivity index (χ1v) is 9.17. The summed E-state index contributed by atoms with van der Waals surface area (Å²) in [5, 5.41) is 7.78. The maximum Gasteiger partial charge on any atom is 0.249 e. The maximum absolute atomic E-state index is 12.7. The summed E-state index contributed by atoms with van der Waals surface area (Å²) in [5.74, 6) is 2.47. The molecule has 1 aliphatic carbocycles. The van der Waals surface area contributed by atoms with Crippen molar-refractivity contribution in [1.82, 2.24) is 29.2 Å². The Morgan fingerprint density at radius 1 is 1.38 bits per heavy atom. The fourth-order valence-electron chi connectivity index (χ4n) is 3.70. The normalized spacial score (nSPS) is 21.7. The highest BCUT2D eigenvalue weighted by Crippen LogP contribution is 2.48. The monoisotopic (exact) mass is 358 g/mol. The molecule has 1 amide bonds. The molecule has 1 saturated carbocycles. The second-order valence-corrected chi connectivity index (χ2v) is 8.14. The number of rotatable bonds is 7. The van der Waals surface area contributed by atoms with Gasteiger partial charge in [0.05, 0.1) is 6.04 Å². The first kappa shape index (κ1) is 17.2. The average molecular weight is 358 g/mol. The van der Waals surface area contributed by atoms with E-state index in [1.54, 1.807) is 10.9 Å². The Kier molecular flexibility index (Phi) is 4.30. The molecule has 2 aliphatic rings. The van der Waals surface area contributed by atoms with Gasteiger partial charge in [-0.15, -0.1) is 10.2 Å². The van der Waals surface area contributed by atoms with Gasteiger partial charge in [0.2, 0.25) is 5.91 Å². The summed E-state index contributed by atoms with van der Waals surface area (Å²) in [7, 11) is 1.86. The number of hydrogen-bond acceptors (Lipinski definition) is 5. The Labute approximate surface area is 153 Å². The quantitative estimate of drug-likeness (QED) is 0.750. The smallest absolute Gasteiger partial charge is 0.249 e. The van der Waals surface area contributed by atoms with Crippen LogP contribution in [0, 0.1) is 11.3 Å². The minimum atomic E-state index is -0.00235. The molecule has 1 saturated heterocycles. The lowest BCUT2D eigenvalue weighted by Gasteiger charge is -2.53. The Balaban J connectivity index is 1.40. The van der Waals surface area contributed by atoms with Crippen LogP contribution in [0.5, 0.6) is 0 Å². The molecule has 2 fully saturated rings. The van der Waals surface area contributed by atoms with Crippen molar-refractivity contribution in [2.45, 2.75) is 45.9 Å². The van der Waals surface area contributed by atoms with Gasteiger partial charge < -0.3 is 18.8 Å². The van der Waals surface area contributed by atoms with Crippen LogP contribution in [-0.2, 0) is 29.7 Å². The Hall–Kier alpha value is -2.22. The first-order chi connectivity index (χ1) is 12.5. The van der Waals surface area contributed by atoms with E-state index in [2.05, 4.69) is 33.6 Å². The minimum Gasteiger partial charge on any atom is -0.364 e. The van der Waals surface area contributed by atoms with Crippen LogP contribution < -0.4 is 0 Å². The SMILES string of the molecule is Cn1cnnc1COCC(=O)N1CC(C)(C)C1c1nccn1CC1CC1. The van der Waals surface area contributed by atoms with Gasteiger partial charge >= 0.3 is 0 Å². The third-order valence-electron chi connectivity index (χ3n) is 5.36. The highest BCUT2D eigenvalue weighted by molar-refractivity contribution is 5.79. The summed E-state index contributed by atoms with van der Waals surface area (Å²) in [6.07, 6.45) is 8.09. The standard InChI is InChI=1S/C18H26N6O2/c1-18(2)11-24(15(25)10-26-9-14-21-20-12-22(14)3)16(18)17-19-6-7-23(17)8-13-4-5-13/h6-7,12-13,16H,4-5,8-11H2,1-3H3. The molecule has 2 aromatic heterocycles. The molecule has 1 aliphatic heterocycles. The summed E-state index contributed by atoms with van der Waals surface area (Å²) >= 11 is 0. The molecule has 0 aromatic carbocycles. The molecule has 4 rings (SSSR count). The van der Waals surface area contributed by atoms with Crippen molar-refractivity contribution in [3.05, 3.63) is 30.4 Å². The second-order valence-electron chi connectivity index (χ2n) is 8.14. The average Bonchev–Trinajstić information content (AvgIpc) is 3.15. The molecule has 8 heteroatoms. The van der Waals surface area contributed by atoms with E-state index in [-0.39, 0.29) is 30.6 Å². The van der Waals surface area contributed by atoms with Crippen LogP contribution in [0.4, 0.5) is 0 Å². The molecule has 2 aromatic rings. The molecule has 0 bridgehead atoms. The third-order valence-corrected chi connectivity index (χ3v) is 5.36. The number of likely N-dealkylation sites (tertiary alicyclic amines) is 1. The number of hydrogen-bond donors (Lipinski definition) is 0. The first-order valence-electron chi connectivity index (χ1n) is 9.17. The van der Waals surface area contributed by atoms with Gasteiger partial charge in [-0.3, -0.25) is 4.79 Å². The second kappa shape index (κ2) is 6.50. The third kappa shape index (κ3) is 3.25. The molecule has 8 nitrogen and oxygen atoms in total. The molecule has 140 valence electrons. The van der Waals surface area contributed by atoms with Crippen molar-refractivity contribution in [3.63, 3.8) is 0 Å². The summed E-state index contributed by atoms with van der Waals surface area (Å²) in [6.45, 7) is 6.44. The predicted octanol–water partition coefficient (Wildman–Crippen LogP) is 1.55. The van der Waals surface area contributed by atoms with E-state index in [1.165, 1.54) is 12.8 Å². The summed E-state index contributed by atoms with van der Waals surface area (Å²) in [6, 6.07) is 0.00202. The fourth-order valence-corrected chi connectivity index (χ4v) is 3.70. The summed E-state index contributed by atoms with van der Waals surface area (Å²) < 4.78 is 9.59. The van der Waals surface area contributed by atoms with Crippen LogP contribution in [0.2, 0.25) is 0 Å². The van der Waals surface area contributed by atoms with Gasteiger partial charge in [0.25, 0.3) is 0 Å². The van der Waals surface area contributed by atoms with Crippen molar-refractivity contribution in [2.24, 2.45) is 18.4 Å². The van der Waals surface area contributed by atoms with Gasteiger partial charge in [0.1, 0.15) is 25.4 Å². The zero-order valence-electron chi connectivity index (χ0n) is 15.6. The van der Waals surface area contributed by atoms with Crippen LogP contribution in [-0.4, -0.2) is 48.3 Å². The number of imidazole rings is 1. The van der Waals surface area contributed by atoms with E-state index >= 15 is 0 Å². The van der Waals surface area contributed by atoms with Gasteiger partial charge in [-0.2, -0.15) is 0 Å². The molecule has 26 heavy (non-hydrogen) atoms. The van der Waals surface area contributed by atoms with Crippen LogP contribution in [0.3, 0.4) is 0 Å². The Morgan fingerprint density at radius 3 is 2.85 bits per heavy atom. The summed E-state index contributed by atoms with van der Waals surface area (Å²) in [4.78, 5) is 19.2. The molecule has 3 heterocycles. The zero-order valence-corrected chi connectivity index (χ0v) is 15.6. The molecule has 0 N–H and O–H groups in total. The van der Waals surface area contributed by atoms with Crippen LogP contribution in [0.15, 0.2) is 18.7 Å². The number of carbonyl (C=O) groups excluding carboxylic acids is 1. The topological polar surface area (TPSA) is 78.1 Å². The maximum atomic E-state index is 12.7. The number of carbonyl (C=O) groups is 1. The molecule has 1 atom stereocenters. The van der Waals surface area contributed by atoms with Crippen molar-refractivity contribution >= 4 is 5.91 Å². The molecule has 1 unspecified atom stereocenters. The van der Waals surface area contributed by atoms with Crippen molar-refractivity contribution in [2.75, 3.05) is 13.2 Å². The largest absolute Gasteiger partial charge is 0.364 e. The van der Waals surface area contributed by atoms with E-state index in [4.69, 9.17) is 4.74 Å². The molecule has 0 spiro atoms. The van der Waals surface area contributed by atoms with E-state index in [0.29, 0.717) is 5.82 Å². The Bertz CT molecular complexity index is 791. The van der Waals surface area contributed by atoms with Crippen molar-refractivity contribution in [1.29, 1.82) is 0 Å². The van der Waals surface area contributed by atoms with Gasteiger partial charge in [-0.25, -0.2) is 4.98 Å². The van der Waals surface area contributed by atoms with Crippen molar-refractivity contribution < 1.29 is 9.53 Å². The predicted molar refractivity (Wildman–Crippen MR) is 93.8 cm³/mol. The summed E-state index contributed by atoms with van der Waals surface area (Å²) in [5.41, 5.74) is 0.0197. The minimum absolute atomic E-state index is 0.00202. The molecular formula is C18H26N6O2. The number of ether oxygens (including phenoxy) is 1. The lowest BCUT2D eigenvalue weighted by atomic mass is 9.74. The highest BCUT2D eigenvalue weighted by Gasteiger charge is 2.50. The van der Waals surface area contributed by atoms with E-state index < -0.39 is 0 Å². The van der Waals surface area contributed by atoms with Gasteiger partial charge in [0.15, 0.2) is 5.82 Å². The van der Waals surface area contributed by atoms with Gasteiger partial charge in [-0.1, -0.05) is 13.8 Å². The van der Waals surface area contributed by atoms with Crippen LogP contribution in [0.25, 0.3) is 0 Å². The van der Waals surface area contributed by atoms with Crippen LogP contribution in [0.1, 0.15) is 44.4 Å². The van der Waals surface area contributed by atoms with E-state index in [1.807, 2.05) is 24.3 Å². The van der Waals surface area contributed by atoms with E-state index in [0.717, 1.165) is 24.8 Å². The Morgan fingerprint density at radius 2 is 2.19 bits per heavy atom. The number of aromatic nitrogens is 5. The lowest BCUT2D eigenvalue weighted by molar-refractivity contribution is -0.158. The zero-order chi connectivity index (χ0) is 18.3. The molecular weight excluding hydrogens is 332 g/mol. The fraction of sp³-hybridized carbons (Fsp3) is 0.667. The van der Waals surface area contributed by atoms with Crippen molar-refractivity contribution in [3.8, 4) is 0 Å². The molecule has 0 radical (unpaired) electrons. The number of amides is 1.